The van der Waals surface area contributed by atoms with Crippen LogP contribution in [-0.4, -0.2) is 56.5 Å². The summed E-state index contributed by atoms with van der Waals surface area (Å²) in [5, 5.41) is 8.89. The Morgan fingerprint density at radius 2 is 1.89 bits per heavy atom. The van der Waals surface area contributed by atoms with Crippen molar-refractivity contribution in [2.75, 3.05) is 20.2 Å². The number of carbonyl (C=O) groups excluding carboxylic acids is 1. The Morgan fingerprint density at radius 1 is 1.22 bits per heavy atom. The number of nitrogens with zero attached hydrogens (tertiary/aromatic N) is 1. The van der Waals surface area contributed by atoms with Crippen LogP contribution in [0.15, 0.2) is 23.1 Å². The molecule has 1 aromatic carbocycles. The highest BCUT2D eigenvalue weighted by atomic mass is 32.2. The molecule has 2 N–H and O–H groups in total. The standard InChI is InChI=1S/C18H24N2O6S/c1-26-15-5-2-13(11-16(15)27(24,25)19-14-3-4-14)18(23)20-8-6-12(7-9-20)10-17(21)22/h2,5,11-12,14,19H,3-4,6-10H2,1H3,(H,21,22). The van der Waals surface area contributed by atoms with Crippen molar-refractivity contribution < 1.29 is 27.9 Å². The Hall–Kier alpha value is -2.13. The van der Waals surface area contributed by atoms with Gasteiger partial charge >= 0.3 is 5.97 Å². The number of carboxylic acids is 1. The largest absolute Gasteiger partial charge is 0.495 e. The molecule has 0 radical (unpaired) electrons. The van der Waals surface area contributed by atoms with Crippen LogP contribution in [-0.2, 0) is 14.8 Å². The molecule has 0 bridgehead atoms. The van der Waals surface area contributed by atoms with E-state index in [0.717, 1.165) is 12.8 Å². The van der Waals surface area contributed by atoms with Gasteiger partial charge in [-0.15, -0.1) is 0 Å². The lowest BCUT2D eigenvalue weighted by atomic mass is 9.93. The summed E-state index contributed by atoms with van der Waals surface area (Å²) in [7, 11) is -2.37. The second-order valence-electron chi connectivity index (χ2n) is 7.09. The van der Waals surface area contributed by atoms with Gasteiger partial charge in [0.15, 0.2) is 0 Å². The third-order valence-corrected chi connectivity index (χ3v) is 6.51. The Balaban J connectivity index is 1.75. The van der Waals surface area contributed by atoms with Crippen molar-refractivity contribution in [1.82, 2.24) is 9.62 Å². The predicted octanol–water partition coefficient (Wildman–Crippen LogP) is 1.46. The van der Waals surface area contributed by atoms with Gasteiger partial charge in [-0.3, -0.25) is 9.59 Å². The van der Waals surface area contributed by atoms with Gasteiger partial charge in [-0.25, -0.2) is 13.1 Å². The number of methoxy groups -OCH3 is 1. The molecule has 0 aromatic heterocycles. The number of nitrogens with one attached hydrogen (secondary N) is 1. The van der Waals surface area contributed by atoms with E-state index in [1.54, 1.807) is 11.0 Å². The average molecular weight is 396 g/mol. The molecule has 1 aromatic rings. The van der Waals surface area contributed by atoms with Crippen molar-refractivity contribution in [3.05, 3.63) is 23.8 Å². The molecule has 1 amide bonds. The van der Waals surface area contributed by atoms with Crippen LogP contribution in [0.1, 0.15) is 42.5 Å². The zero-order chi connectivity index (χ0) is 19.6. The molecule has 1 aliphatic heterocycles. The van der Waals surface area contributed by atoms with Crippen LogP contribution in [0, 0.1) is 5.92 Å². The number of carbonyl (C=O) groups is 2. The summed E-state index contributed by atoms with van der Waals surface area (Å²) < 4.78 is 32.9. The van der Waals surface area contributed by atoms with E-state index in [2.05, 4.69) is 4.72 Å². The molecule has 0 spiro atoms. The summed E-state index contributed by atoms with van der Waals surface area (Å²) in [5.41, 5.74) is 0.281. The molecule has 9 heteroatoms. The zero-order valence-corrected chi connectivity index (χ0v) is 16.0. The van der Waals surface area contributed by atoms with Crippen molar-refractivity contribution in [2.24, 2.45) is 5.92 Å². The van der Waals surface area contributed by atoms with E-state index in [0.29, 0.717) is 25.9 Å². The van der Waals surface area contributed by atoms with Crippen molar-refractivity contribution in [3.63, 3.8) is 0 Å². The molecular weight excluding hydrogens is 372 g/mol. The van der Waals surface area contributed by atoms with E-state index in [1.165, 1.54) is 19.2 Å². The number of hydrogen-bond acceptors (Lipinski definition) is 5. The number of rotatable bonds is 7. The van der Waals surface area contributed by atoms with Crippen LogP contribution in [0.2, 0.25) is 0 Å². The normalized spacial score (nSPS) is 18.3. The van der Waals surface area contributed by atoms with Gasteiger partial charge in [0, 0.05) is 31.1 Å². The summed E-state index contributed by atoms with van der Waals surface area (Å²) in [6, 6.07) is 4.36. The topological polar surface area (TPSA) is 113 Å². The minimum atomic E-state index is -3.76. The third kappa shape index (κ3) is 4.78. The molecule has 27 heavy (non-hydrogen) atoms. The Bertz CT molecular complexity index is 826. The van der Waals surface area contributed by atoms with Gasteiger partial charge in [0.2, 0.25) is 10.0 Å². The molecule has 3 rings (SSSR count). The van der Waals surface area contributed by atoms with E-state index in [-0.39, 0.29) is 40.5 Å². The summed E-state index contributed by atoms with van der Waals surface area (Å²) in [4.78, 5) is 25.2. The van der Waals surface area contributed by atoms with Gasteiger partial charge in [-0.05, 0) is 49.8 Å². The highest BCUT2D eigenvalue weighted by Crippen LogP contribution is 2.29. The van der Waals surface area contributed by atoms with E-state index in [1.807, 2.05) is 0 Å². The van der Waals surface area contributed by atoms with Gasteiger partial charge in [-0.2, -0.15) is 0 Å². The fourth-order valence-electron chi connectivity index (χ4n) is 3.27. The Labute approximate surface area is 158 Å². The van der Waals surface area contributed by atoms with E-state index in [9.17, 15) is 18.0 Å². The number of benzene rings is 1. The molecule has 1 saturated heterocycles. The quantitative estimate of drug-likeness (QED) is 0.721. The van der Waals surface area contributed by atoms with Gasteiger partial charge in [0.05, 0.1) is 7.11 Å². The Kier molecular flexibility index (Phi) is 5.71. The van der Waals surface area contributed by atoms with E-state index >= 15 is 0 Å². The lowest BCUT2D eigenvalue weighted by Crippen LogP contribution is -2.39. The van der Waals surface area contributed by atoms with Gasteiger partial charge in [0.1, 0.15) is 10.6 Å². The summed E-state index contributed by atoms with van der Waals surface area (Å²) >= 11 is 0. The monoisotopic (exact) mass is 396 g/mol. The second-order valence-corrected chi connectivity index (χ2v) is 8.78. The van der Waals surface area contributed by atoms with Crippen LogP contribution in [0.5, 0.6) is 5.75 Å². The van der Waals surface area contributed by atoms with Crippen molar-refractivity contribution in [1.29, 1.82) is 0 Å². The number of piperidine rings is 1. The van der Waals surface area contributed by atoms with E-state index in [4.69, 9.17) is 9.84 Å². The van der Waals surface area contributed by atoms with Crippen LogP contribution in [0.4, 0.5) is 0 Å². The first-order valence-electron chi connectivity index (χ1n) is 9.01. The highest BCUT2D eigenvalue weighted by Gasteiger charge is 2.31. The molecule has 0 unspecified atom stereocenters. The number of amides is 1. The fraction of sp³-hybridized carbons (Fsp3) is 0.556. The maximum absolute atomic E-state index is 12.8. The molecule has 148 valence electrons. The van der Waals surface area contributed by atoms with Crippen molar-refractivity contribution in [2.45, 2.75) is 43.0 Å². The van der Waals surface area contributed by atoms with Crippen LogP contribution in [0.3, 0.4) is 0 Å². The molecule has 2 fully saturated rings. The zero-order valence-electron chi connectivity index (χ0n) is 15.2. The first-order chi connectivity index (χ1) is 12.8. The summed E-state index contributed by atoms with van der Waals surface area (Å²) in [6.45, 7) is 0.927. The molecule has 0 atom stereocenters. The number of ether oxygens (including phenoxy) is 1. The van der Waals surface area contributed by atoms with Crippen LogP contribution in [0.25, 0.3) is 0 Å². The molecule has 1 saturated carbocycles. The summed E-state index contributed by atoms with van der Waals surface area (Å²) in [5.74, 6) is -0.816. The second kappa shape index (κ2) is 7.85. The Morgan fingerprint density at radius 3 is 2.44 bits per heavy atom. The molecule has 2 aliphatic rings. The highest BCUT2D eigenvalue weighted by molar-refractivity contribution is 7.89. The predicted molar refractivity (Wildman–Crippen MR) is 97.2 cm³/mol. The number of likely N-dealkylation sites (tertiary alicyclic amines) is 1. The lowest BCUT2D eigenvalue weighted by molar-refractivity contribution is -0.138. The first kappa shape index (κ1) is 19.6. The van der Waals surface area contributed by atoms with Gasteiger partial charge in [-0.1, -0.05) is 0 Å². The van der Waals surface area contributed by atoms with E-state index < -0.39 is 16.0 Å². The molecular formula is C18H24N2O6S. The minimum absolute atomic E-state index is 0.0384. The van der Waals surface area contributed by atoms with Crippen molar-refractivity contribution >= 4 is 21.9 Å². The maximum Gasteiger partial charge on any atom is 0.303 e. The SMILES string of the molecule is COc1ccc(C(=O)N2CCC(CC(=O)O)CC2)cc1S(=O)(=O)NC1CC1. The molecule has 1 aliphatic carbocycles. The number of carboxylic acid groups (broad SMARTS) is 1. The molecule has 8 nitrogen and oxygen atoms in total. The minimum Gasteiger partial charge on any atom is -0.495 e. The van der Waals surface area contributed by atoms with Crippen LogP contribution < -0.4 is 9.46 Å². The average Bonchev–Trinajstić information content (AvgIpc) is 3.44. The smallest absolute Gasteiger partial charge is 0.303 e. The number of sulfonamides is 1. The maximum atomic E-state index is 12.8. The molecule has 1 heterocycles. The summed E-state index contributed by atoms with van der Waals surface area (Å²) in [6.07, 6.45) is 2.99. The third-order valence-electron chi connectivity index (χ3n) is 4.96. The number of hydrogen-bond donors (Lipinski definition) is 2. The number of aliphatic carboxylic acids is 1. The van der Waals surface area contributed by atoms with Crippen LogP contribution >= 0.6 is 0 Å². The van der Waals surface area contributed by atoms with Crippen molar-refractivity contribution in [3.8, 4) is 5.75 Å². The fourth-order valence-corrected chi connectivity index (χ4v) is 4.77. The van der Waals surface area contributed by atoms with Gasteiger partial charge in [0.25, 0.3) is 5.91 Å². The lowest BCUT2D eigenvalue weighted by Gasteiger charge is -2.31. The van der Waals surface area contributed by atoms with Gasteiger partial charge < -0.3 is 14.7 Å². The first-order valence-corrected chi connectivity index (χ1v) is 10.5.